The average molecular weight is 359 g/mol. The van der Waals surface area contributed by atoms with Crippen molar-refractivity contribution < 1.29 is 4.79 Å². The zero-order chi connectivity index (χ0) is 17.4. The second-order valence-corrected chi connectivity index (χ2v) is 7.48. The molecule has 3 aromatic rings. The monoisotopic (exact) mass is 358 g/mol. The van der Waals surface area contributed by atoms with Gasteiger partial charge in [-0.05, 0) is 55.2 Å². The lowest BCUT2D eigenvalue weighted by Gasteiger charge is -2.03. The maximum atomic E-state index is 12.4. The highest BCUT2D eigenvalue weighted by Gasteiger charge is 2.10. The highest BCUT2D eigenvalue weighted by Crippen LogP contribution is 2.26. The Kier molecular flexibility index (Phi) is 4.61. The number of aromatic nitrogens is 1. The van der Waals surface area contributed by atoms with Gasteiger partial charge in [0.05, 0.1) is 16.6 Å². The van der Waals surface area contributed by atoms with Crippen LogP contribution in [0.3, 0.4) is 0 Å². The molecule has 0 aliphatic rings. The number of hydrogen-bond donors (Lipinski definition) is 0. The molecule has 1 heterocycles. The van der Waals surface area contributed by atoms with Crippen molar-refractivity contribution in [3.63, 3.8) is 0 Å². The molecular weight excluding hydrogens is 340 g/mol. The van der Waals surface area contributed by atoms with Gasteiger partial charge in [0.25, 0.3) is 5.91 Å². The van der Waals surface area contributed by atoms with Crippen LogP contribution in [-0.4, -0.2) is 10.5 Å². The maximum absolute atomic E-state index is 12.4. The molecule has 0 unspecified atom stereocenters. The third-order valence-electron chi connectivity index (χ3n) is 4.30. The predicted molar refractivity (Wildman–Crippen MR) is 101 cm³/mol. The Balaban J connectivity index is 1.97. The summed E-state index contributed by atoms with van der Waals surface area (Å²) in [5.74, 6) is -0.135. The van der Waals surface area contributed by atoms with E-state index in [0.717, 1.165) is 26.4 Å². The van der Waals surface area contributed by atoms with Crippen LogP contribution in [0.5, 0.6) is 0 Å². The van der Waals surface area contributed by atoms with Gasteiger partial charge in [-0.2, -0.15) is 4.99 Å². The average Bonchev–Trinajstić information content (AvgIpc) is 2.84. The second-order valence-electron chi connectivity index (χ2n) is 6.06. The van der Waals surface area contributed by atoms with E-state index in [1.165, 1.54) is 22.5 Å². The van der Waals surface area contributed by atoms with Gasteiger partial charge in [0.1, 0.15) is 0 Å². The van der Waals surface area contributed by atoms with E-state index in [0.29, 0.717) is 11.2 Å². The molecular formula is C19H19ClN2OS. The van der Waals surface area contributed by atoms with Gasteiger partial charge < -0.3 is 4.57 Å². The van der Waals surface area contributed by atoms with Gasteiger partial charge in [0, 0.05) is 12.1 Å². The number of thiazole rings is 1. The van der Waals surface area contributed by atoms with Gasteiger partial charge in [-0.15, -0.1) is 0 Å². The van der Waals surface area contributed by atoms with Crippen LogP contribution in [0.1, 0.15) is 22.3 Å². The Bertz CT molecular complexity index is 1010. The standard InChI is InChI=1S/C19H19ClN2OS/c1-11-5-6-14(9-12(11)2)10-17(23)21-19-22(4)18-13(3)15(20)7-8-16(18)24-19/h5-9H,10H2,1-4H3. The van der Waals surface area contributed by atoms with Crippen molar-refractivity contribution in [1.82, 2.24) is 4.57 Å². The van der Waals surface area contributed by atoms with Crippen LogP contribution < -0.4 is 4.80 Å². The molecule has 0 spiro atoms. The zero-order valence-electron chi connectivity index (χ0n) is 14.2. The summed E-state index contributed by atoms with van der Waals surface area (Å²) < 4.78 is 3.02. The van der Waals surface area contributed by atoms with Gasteiger partial charge in [-0.1, -0.05) is 41.1 Å². The summed E-state index contributed by atoms with van der Waals surface area (Å²) in [6.07, 6.45) is 0.315. The number of amides is 1. The molecule has 124 valence electrons. The largest absolute Gasteiger partial charge is 0.319 e. The number of nitrogens with zero attached hydrogens (tertiary/aromatic N) is 2. The number of aryl methyl sites for hydroxylation is 4. The number of halogens is 1. The van der Waals surface area contributed by atoms with Gasteiger partial charge in [-0.3, -0.25) is 4.79 Å². The Hall–Kier alpha value is -1.91. The van der Waals surface area contributed by atoms with E-state index in [9.17, 15) is 4.79 Å². The molecule has 0 atom stereocenters. The molecule has 0 aliphatic carbocycles. The lowest BCUT2D eigenvalue weighted by molar-refractivity contribution is -0.117. The van der Waals surface area contributed by atoms with Crippen molar-refractivity contribution >= 4 is 39.1 Å². The van der Waals surface area contributed by atoms with Crippen LogP contribution in [0, 0.1) is 20.8 Å². The normalized spacial score (nSPS) is 12.1. The molecule has 5 heteroatoms. The molecule has 0 aliphatic heterocycles. The van der Waals surface area contributed by atoms with E-state index in [-0.39, 0.29) is 5.91 Å². The number of rotatable bonds is 2. The highest BCUT2D eigenvalue weighted by molar-refractivity contribution is 7.16. The summed E-state index contributed by atoms with van der Waals surface area (Å²) in [7, 11) is 1.92. The van der Waals surface area contributed by atoms with Crippen LogP contribution in [0.4, 0.5) is 0 Å². The van der Waals surface area contributed by atoms with E-state index in [2.05, 4.69) is 24.9 Å². The van der Waals surface area contributed by atoms with Gasteiger partial charge in [-0.25, -0.2) is 0 Å². The fourth-order valence-electron chi connectivity index (χ4n) is 2.74. The van der Waals surface area contributed by atoms with Gasteiger partial charge in [0.15, 0.2) is 4.80 Å². The van der Waals surface area contributed by atoms with E-state index in [4.69, 9.17) is 11.6 Å². The Morgan fingerprint density at radius 1 is 1.17 bits per heavy atom. The minimum absolute atomic E-state index is 0.135. The van der Waals surface area contributed by atoms with Crippen molar-refractivity contribution in [3.05, 3.63) is 62.4 Å². The van der Waals surface area contributed by atoms with Crippen molar-refractivity contribution in [2.24, 2.45) is 12.0 Å². The minimum atomic E-state index is -0.135. The number of fused-ring (bicyclic) bond motifs is 1. The Morgan fingerprint density at radius 2 is 1.92 bits per heavy atom. The summed E-state index contributed by atoms with van der Waals surface area (Å²) in [5, 5.41) is 0.726. The molecule has 2 aromatic carbocycles. The second kappa shape index (κ2) is 6.54. The molecule has 3 nitrogen and oxygen atoms in total. The molecule has 3 rings (SSSR count). The van der Waals surface area contributed by atoms with E-state index >= 15 is 0 Å². The zero-order valence-corrected chi connectivity index (χ0v) is 15.8. The first-order valence-electron chi connectivity index (χ1n) is 7.75. The molecule has 1 aromatic heterocycles. The summed E-state index contributed by atoms with van der Waals surface area (Å²) in [6.45, 7) is 6.10. The molecule has 0 bridgehead atoms. The first-order chi connectivity index (χ1) is 11.4. The lowest BCUT2D eigenvalue weighted by Crippen LogP contribution is -2.14. The molecule has 0 N–H and O–H groups in total. The van der Waals surface area contributed by atoms with E-state index in [1.807, 2.05) is 42.8 Å². The van der Waals surface area contributed by atoms with E-state index < -0.39 is 0 Å². The van der Waals surface area contributed by atoms with Crippen molar-refractivity contribution in [3.8, 4) is 0 Å². The number of benzene rings is 2. The SMILES string of the molecule is Cc1ccc(CC(=O)N=c2sc3ccc(Cl)c(C)c3n2C)cc1C. The Labute approximate surface area is 150 Å². The van der Waals surface area contributed by atoms with Crippen LogP contribution in [-0.2, 0) is 18.3 Å². The molecule has 1 amide bonds. The first kappa shape index (κ1) is 16.9. The van der Waals surface area contributed by atoms with Crippen molar-refractivity contribution in [2.75, 3.05) is 0 Å². The predicted octanol–water partition coefficient (Wildman–Crippen LogP) is 4.49. The third kappa shape index (κ3) is 3.17. The van der Waals surface area contributed by atoms with Crippen LogP contribution in [0.2, 0.25) is 5.02 Å². The molecule has 0 saturated heterocycles. The smallest absolute Gasteiger partial charge is 0.252 e. The van der Waals surface area contributed by atoms with Crippen LogP contribution in [0.15, 0.2) is 35.3 Å². The summed E-state index contributed by atoms with van der Waals surface area (Å²) >= 11 is 7.71. The number of hydrogen-bond acceptors (Lipinski definition) is 2. The van der Waals surface area contributed by atoms with Crippen molar-refractivity contribution in [2.45, 2.75) is 27.2 Å². The highest BCUT2D eigenvalue weighted by atomic mass is 35.5. The van der Waals surface area contributed by atoms with Crippen LogP contribution in [0.25, 0.3) is 10.2 Å². The summed E-state index contributed by atoms with van der Waals surface area (Å²) in [5.41, 5.74) is 5.46. The topological polar surface area (TPSA) is 34.4 Å². The quantitative estimate of drug-likeness (QED) is 0.664. The van der Waals surface area contributed by atoms with E-state index in [1.54, 1.807) is 0 Å². The number of carbonyl (C=O) groups excluding carboxylic acids is 1. The molecule has 0 fully saturated rings. The Morgan fingerprint density at radius 3 is 2.62 bits per heavy atom. The fraction of sp³-hybridized carbons (Fsp3) is 0.263. The fourth-order valence-corrected chi connectivity index (χ4v) is 3.99. The number of carbonyl (C=O) groups is 1. The molecule has 24 heavy (non-hydrogen) atoms. The van der Waals surface area contributed by atoms with Gasteiger partial charge in [0.2, 0.25) is 0 Å². The van der Waals surface area contributed by atoms with Crippen molar-refractivity contribution in [1.29, 1.82) is 0 Å². The summed E-state index contributed by atoms with van der Waals surface area (Å²) in [6, 6.07) is 9.95. The van der Waals surface area contributed by atoms with Gasteiger partial charge >= 0.3 is 0 Å². The first-order valence-corrected chi connectivity index (χ1v) is 8.94. The third-order valence-corrected chi connectivity index (χ3v) is 5.81. The molecule has 0 radical (unpaired) electrons. The minimum Gasteiger partial charge on any atom is -0.319 e. The lowest BCUT2D eigenvalue weighted by atomic mass is 10.0. The maximum Gasteiger partial charge on any atom is 0.252 e. The van der Waals surface area contributed by atoms with Crippen LogP contribution >= 0.6 is 22.9 Å². The molecule has 0 saturated carbocycles. The summed E-state index contributed by atoms with van der Waals surface area (Å²) in [4.78, 5) is 17.4.